The van der Waals surface area contributed by atoms with Gasteiger partial charge in [0.05, 0.1) is 10.5 Å². The number of carbonyl (C=O) groups is 1. The summed E-state index contributed by atoms with van der Waals surface area (Å²) in [5, 5.41) is 6.21. The highest BCUT2D eigenvalue weighted by Crippen LogP contribution is 2.23. The average Bonchev–Trinajstić information content (AvgIpc) is 2.72. The lowest BCUT2D eigenvalue weighted by molar-refractivity contribution is 0.0947. The van der Waals surface area contributed by atoms with Crippen molar-refractivity contribution in [3.8, 4) is 0 Å². The van der Waals surface area contributed by atoms with Crippen molar-refractivity contribution in [2.24, 2.45) is 0 Å². The Kier molecular flexibility index (Phi) is 9.17. The minimum absolute atomic E-state index is 0. The van der Waals surface area contributed by atoms with Crippen LogP contribution in [-0.4, -0.2) is 75.9 Å². The van der Waals surface area contributed by atoms with Crippen molar-refractivity contribution in [2.45, 2.75) is 30.6 Å². The second-order valence-corrected chi connectivity index (χ2v) is 9.07. The molecular weight excluding hydrogens is 400 g/mol. The zero-order chi connectivity index (χ0) is 19.1. The van der Waals surface area contributed by atoms with Crippen molar-refractivity contribution in [3.63, 3.8) is 0 Å². The largest absolute Gasteiger partial charge is 0.352 e. The maximum Gasteiger partial charge on any atom is 0.252 e. The molecule has 3 rings (SSSR count). The molecule has 2 heterocycles. The number of halogens is 1. The number of hydrogen-bond donors (Lipinski definition) is 2. The second kappa shape index (κ2) is 11.1. The molecule has 9 heteroatoms. The number of carbonyl (C=O) groups excluding carboxylic acids is 1. The molecular formula is C19H31ClN4O3S. The zero-order valence-electron chi connectivity index (χ0n) is 16.2. The fourth-order valence-electron chi connectivity index (χ4n) is 3.66. The lowest BCUT2D eigenvalue weighted by Crippen LogP contribution is -2.44. The summed E-state index contributed by atoms with van der Waals surface area (Å²) >= 11 is 0. The highest BCUT2D eigenvalue weighted by molar-refractivity contribution is 7.89. The van der Waals surface area contributed by atoms with E-state index in [0.717, 1.165) is 58.4 Å². The summed E-state index contributed by atoms with van der Waals surface area (Å²) in [7, 11) is -3.63. The number of piperazine rings is 1. The minimum atomic E-state index is -3.63. The van der Waals surface area contributed by atoms with Crippen molar-refractivity contribution >= 4 is 28.3 Å². The first-order valence-electron chi connectivity index (χ1n) is 9.89. The summed E-state index contributed by atoms with van der Waals surface area (Å²) in [6.45, 7) is 6.63. The Hall–Kier alpha value is -1.19. The van der Waals surface area contributed by atoms with Crippen LogP contribution in [0, 0.1) is 0 Å². The monoisotopic (exact) mass is 430 g/mol. The van der Waals surface area contributed by atoms with Gasteiger partial charge in [-0.05, 0) is 37.9 Å². The summed E-state index contributed by atoms with van der Waals surface area (Å²) in [4.78, 5) is 15.1. The summed E-state index contributed by atoms with van der Waals surface area (Å²) in [5.41, 5.74) is 0.241. The van der Waals surface area contributed by atoms with Crippen LogP contribution in [0.5, 0.6) is 0 Å². The first kappa shape index (κ1) is 23.1. The number of benzene rings is 1. The summed E-state index contributed by atoms with van der Waals surface area (Å²) in [6.07, 6.45) is 3.66. The van der Waals surface area contributed by atoms with E-state index in [1.807, 2.05) is 0 Å². The van der Waals surface area contributed by atoms with Crippen LogP contribution in [0.25, 0.3) is 0 Å². The van der Waals surface area contributed by atoms with E-state index in [-0.39, 0.29) is 28.8 Å². The van der Waals surface area contributed by atoms with Crippen LogP contribution in [0.3, 0.4) is 0 Å². The number of nitrogens with one attached hydrogen (secondary N) is 2. The van der Waals surface area contributed by atoms with Gasteiger partial charge in [-0.3, -0.25) is 4.79 Å². The fourth-order valence-corrected chi connectivity index (χ4v) is 5.36. The number of amides is 1. The quantitative estimate of drug-likeness (QED) is 0.637. The van der Waals surface area contributed by atoms with Gasteiger partial charge in [-0.2, -0.15) is 4.31 Å². The first-order valence-corrected chi connectivity index (χ1v) is 11.3. The SMILES string of the molecule is Cl.O=C(NCCCN1CCNCC1)c1ccccc1S(=O)(=O)N1CCCCC1. The van der Waals surface area contributed by atoms with Crippen molar-refractivity contribution in [1.82, 2.24) is 19.8 Å². The number of hydrogen-bond acceptors (Lipinski definition) is 5. The van der Waals surface area contributed by atoms with Crippen LogP contribution < -0.4 is 10.6 Å². The van der Waals surface area contributed by atoms with Crippen LogP contribution >= 0.6 is 12.4 Å². The highest BCUT2D eigenvalue weighted by Gasteiger charge is 2.29. The van der Waals surface area contributed by atoms with Gasteiger partial charge in [0.15, 0.2) is 0 Å². The van der Waals surface area contributed by atoms with Gasteiger partial charge in [0.25, 0.3) is 5.91 Å². The molecule has 1 aromatic rings. The molecule has 7 nitrogen and oxygen atoms in total. The topological polar surface area (TPSA) is 81.8 Å². The molecule has 158 valence electrons. The predicted octanol–water partition coefficient (Wildman–Crippen LogP) is 1.31. The maximum absolute atomic E-state index is 13.0. The lowest BCUT2D eigenvalue weighted by Gasteiger charge is -2.27. The summed E-state index contributed by atoms with van der Waals surface area (Å²) in [5.74, 6) is -0.313. The van der Waals surface area contributed by atoms with Crippen LogP contribution in [0.1, 0.15) is 36.0 Å². The maximum atomic E-state index is 13.0. The first-order chi connectivity index (χ1) is 13.1. The van der Waals surface area contributed by atoms with Gasteiger partial charge in [0.1, 0.15) is 0 Å². The molecule has 0 unspecified atom stereocenters. The molecule has 2 aliphatic heterocycles. The summed E-state index contributed by atoms with van der Waals surface area (Å²) in [6, 6.07) is 6.53. The van der Waals surface area contributed by atoms with Crippen LogP contribution in [0.2, 0.25) is 0 Å². The third-order valence-electron chi connectivity index (χ3n) is 5.21. The molecule has 0 aliphatic carbocycles. The normalized spacial score (nSPS) is 19.0. The van der Waals surface area contributed by atoms with E-state index < -0.39 is 10.0 Å². The number of sulfonamides is 1. The Balaban J connectivity index is 0.00000280. The standard InChI is InChI=1S/C19H30N4O3S.ClH/c24-19(21-9-6-12-22-15-10-20-11-16-22)17-7-2-3-8-18(17)27(25,26)23-13-4-1-5-14-23;/h2-3,7-8,20H,1,4-6,9-16H2,(H,21,24);1H. The third-order valence-corrected chi connectivity index (χ3v) is 7.17. The van der Waals surface area contributed by atoms with E-state index in [2.05, 4.69) is 15.5 Å². The molecule has 2 fully saturated rings. The minimum Gasteiger partial charge on any atom is -0.352 e. The van der Waals surface area contributed by atoms with E-state index in [4.69, 9.17) is 0 Å². The molecule has 2 saturated heterocycles. The molecule has 2 N–H and O–H groups in total. The predicted molar refractivity (Wildman–Crippen MR) is 113 cm³/mol. The molecule has 2 aliphatic rings. The van der Waals surface area contributed by atoms with Gasteiger partial charge in [-0.15, -0.1) is 12.4 Å². The van der Waals surface area contributed by atoms with Gasteiger partial charge in [0, 0.05) is 45.8 Å². The van der Waals surface area contributed by atoms with Crippen molar-refractivity contribution in [1.29, 1.82) is 0 Å². The Labute approximate surface area is 174 Å². The number of piperidine rings is 1. The lowest BCUT2D eigenvalue weighted by atomic mass is 10.2. The Morgan fingerprint density at radius 3 is 2.43 bits per heavy atom. The van der Waals surface area contributed by atoms with Crippen LogP contribution in [0.15, 0.2) is 29.2 Å². The number of nitrogens with zero attached hydrogens (tertiary/aromatic N) is 2. The smallest absolute Gasteiger partial charge is 0.252 e. The molecule has 0 atom stereocenters. The van der Waals surface area contributed by atoms with Crippen LogP contribution in [0.4, 0.5) is 0 Å². The van der Waals surface area contributed by atoms with Gasteiger partial charge < -0.3 is 15.5 Å². The Morgan fingerprint density at radius 2 is 1.71 bits per heavy atom. The van der Waals surface area contributed by atoms with Gasteiger partial charge >= 0.3 is 0 Å². The zero-order valence-corrected chi connectivity index (χ0v) is 17.9. The summed E-state index contributed by atoms with van der Waals surface area (Å²) < 4.78 is 27.5. The van der Waals surface area contributed by atoms with Gasteiger partial charge in [-0.25, -0.2) is 8.42 Å². The van der Waals surface area contributed by atoms with Crippen molar-refractivity contribution in [2.75, 3.05) is 52.4 Å². The third kappa shape index (κ3) is 5.90. The molecule has 0 aromatic heterocycles. The Bertz CT molecular complexity index is 732. The molecule has 1 amide bonds. The van der Waals surface area contributed by atoms with E-state index in [0.29, 0.717) is 19.6 Å². The van der Waals surface area contributed by atoms with Crippen molar-refractivity contribution in [3.05, 3.63) is 29.8 Å². The highest BCUT2D eigenvalue weighted by atomic mass is 35.5. The van der Waals surface area contributed by atoms with E-state index in [1.54, 1.807) is 24.3 Å². The van der Waals surface area contributed by atoms with E-state index in [9.17, 15) is 13.2 Å². The molecule has 28 heavy (non-hydrogen) atoms. The second-order valence-electron chi connectivity index (χ2n) is 7.16. The Morgan fingerprint density at radius 1 is 1.04 bits per heavy atom. The molecule has 0 bridgehead atoms. The molecule has 0 radical (unpaired) electrons. The van der Waals surface area contributed by atoms with Crippen LogP contribution in [-0.2, 0) is 10.0 Å². The van der Waals surface area contributed by atoms with E-state index >= 15 is 0 Å². The van der Waals surface area contributed by atoms with Gasteiger partial charge in [0.2, 0.25) is 10.0 Å². The van der Waals surface area contributed by atoms with Crippen molar-refractivity contribution < 1.29 is 13.2 Å². The number of rotatable bonds is 7. The van der Waals surface area contributed by atoms with E-state index in [1.165, 1.54) is 4.31 Å². The molecule has 1 aromatic carbocycles. The fraction of sp³-hybridized carbons (Fsp3) is 0.632. The average molecular weight is 431 g/mol. The molecule has 0 saturated carbocycles. The van der Waals surface area contributed by atoms with Gasteiger partial charge in [-0.1, -0.05) is 18.6 Å². The molecule has 0 spiro atoms.